The van der Waals surface area contributed by atoms with E-state index in [9.17, 15) is 4.79 Å². The molecule has 0 saturated carbocycles. The van der Waals surface area contributed by atoms with Crippen LogP contribution in [-0.2, 0) is 4.79 Å². The number of hydrogen-bond donors (Lipinski definition) is 0. The van der Waals surface area contributed by atoms with Gasteiger partial charge in [-0.05, 0) is 56.7 Å². The summed E-state index contributed by atoms with van der Waals surface area (Å²) in [4.78, 5) is 19.7. The lowest BCUT2D eigenvalue weighted by Crippen LogP contribution is -2.32. The highest BCUT2D eigenvalue weighted by molar-refractivity contribution is 6.33. The Morgan fingerprint density at radius 1 is 0.900 bits per heavy atom. The zero-order chi connectivity index (χ0) is 21.1. The molecule has 1 aliphatic heterocycles. The normalized spacial score (nSPS) is 15.1. The summed E-state index contributed by atoms with van der Waals surface area (Å²) in [6.07, 6.45) is 1.94. The maximum absolute atomic E-state index is 13.3. The lowest BCUT2D eigenvalue weighted by Gasteiger charge is -2.18. The molecule has 1 aliphatic rings. The van der Waals surface area contributed by atoms with Gasteiger partial charge in [-0.25, -0.2) is 4.99 Å². The Balaban J connectivity index is 1.72. The van der Waals surface area contributed by atoms with Crippen LogP contribution in [0.15, 0.2) is 89.6 Å². The van der Waals surface area contributed by atoms with Crippen molar-refractivity contribution in [3.05, 3.63) is 101 Å². The Morgan fingerprint density at radius 3 is 2.20 bits per heavy atom. The van der Waals surface area contributed by atoms with E-state index in [0.717, 1.165) is 28.1 Å². The van der Waals surface area contributed by atoms with E-state index in [4.69, 9.17) is 9.73 Å². The topological polar surface area (TPSA) is 41.9 Å². The molecule has 3 aromatic carbocycles. The van der Waals surface area contributed by atoms with Crippen molar-refractivity contribution < 1.29 is 9.53 Å². The number of aryl methyl sites for hydroxylation is 1. The first kappa shape index (κ1) is 19.6. The molecule has 4 rings (SSSR count). The fraction of sp³-hybridized carbons (Fsp3) is 0.154. The number of aliphatic imine (C=N–C) groups is 1. The highest BCUT2D eigenvalue weighted by atomic mass is 16.5. The molecule has 0 saturated heterocycles. The van der Waals surface area contributed by atoms with Gasteiger partial charge in [-0.2, -0.15) is 0 Å². The predicted molar refractivity (Wildman–Crippen MR) is 122 cm³/mol. The summed E-state index contributed by atoms with van der Waals surface area (Å²) in [6, 6.07) is 25.4. The van der Waals surface area contributed by atoms with E-state index in [0.29, 0.717) is 11.5 Å². The monoisotopic (exact) mass is 396 g/mol. The number of amidine groups is 1. The van der Waals surface area contributed by atoms with Crippen LogP contribution in [0, 0.1) is 6.92 Å². The molecule has 0 aromatic heterocycles. The van der Waals surface area contributed by atoms with Crippen LogP contribution >= 0.6 is 0 Å². The second-order valence-corrected chi connectivity index (χ2v) is 7.54. The van der Waals surface area contributed by atoms with Gasteiger partial charge in [0.05, 0.1) is 11.8 Å². The highest BCUT2D eigenvalue weighted by Crippen LogP contribution is 2.28. The molecule has 0 aliphatic carbocycles. The zero-order valence-electron chi connectivity index (χ0n) is 17.4. The third-order valence-electron chi connectivity index (χ3n) is 4.74. The average Bonchev–Trinajstić information content (AvgIpc) is 3.06. The molecule has 0 spiro atoms. The largest absolute Gasteiger partial charge is 0.491 e. The van der Waals surface area contributed by atoms with Gasteiger partial charge in [0.2, 0.25) is 0 Å². The quantitative estimate of drug-likeness (QED) is 0.526. The second kappa shape index (κ2) is 8.37. The molecule has 30 heavy (non-hydrogen) atoms. The van der Waals surface area contributed by atoms with Gasteiger partial charge in [0.25, 0.3) is 5.91 Å². The summed E-state index contributed by atoms with van der Waals surface area (Å²) >= 11 is 0. The molecule has 0 N–H and O–H groups in total. The molecular weight excluding hydrogens is 372 g/mol. The Labute approximate surface area is 177 Å². The number of rotatable bonds is 5. The first-order valence-electron chi connectivity index (χ1n) is 10.0. The van der Waals surface area contributed by atoms with Crippen LogP contribution in [0.25, 0.3) is 6.08 Å². The maximum Gasteiger partial charge on any atom is 0.282 e. The summed E-state index contributed by atoms with van der Waals surface area (Å²) in [6.45, 7) is 6.01. The molecule has 0 unspecified atom stereocenters. The molecule has 4 nitrogen and oxygen atoms in total. The third kappa shape index (κ3) is 4.18. The lowest BCUT2D eigenvalue weighted by atomic mass is 10.1. The molecule has 1 heterocycles. The Bertz CT molecular complexity index is 1100. The van der Waals surface area contributed by atoms with Crippen molar-refractivity contribution in [2.45, 2.75) is 26.9 Å². The van der Waals surface area contributed by atoms with E-state index in [2.05, 4.69) is 0 Å². The number of anilines is 1. The minimum Gasteiger partial charge on any atom is -0.491 e. The molecular formula is C26H24N2O2. The molecule has 150 valence electrons. The van der Waals surface area contributed by atoms with Crippen LogP contribution in [-0.4, -0.2) is 17.8 Å². The maximum atomic E-state index is 13.3. The minimum atomic E-state index is -0.139. The van der Waals surface area contributed by atoms with Gasteiger partial charge in [0.15, 0.2) is 0 Å². The van der Waals surface area contributed by atoms with E-state index in [1.807, 2.05) is 106 Å². The summed E-state index contributed by atoms with van der Waals surface area (Å²) in [5.41, 5.74) is 4.15. The Morgan fingerprint density at radius 2 is 1.57 bits per heavy atom. The second-order valence-electron chi connectivity index (χ2n) is 7.54. The van der Waals surface area contributed by atoms with Crippen molar-refractivity contribution >= 4 is 23.5 Å². The molecule has 0 radical (unpaired) electrons. The SMILES string of the molecule is Cc1ccc(N2C(=O)/C(=C\c3ccc(OC(C)C)cc3)N=C2c2ccccc2)cc1. The smallest absolute Gasteiger partial charge is 0.282 e. The third-order valence-corrected chi connectivity index (χ3v) is 4.74. The van der Waals surface area contributed by atoms with Crippen LogP contribution in [0.1, 0.15) is 30.5 Å². The van der Waals surface area contributed by atoms with Crippen LogP contribution in [0.5, 0.6) is 5.75 Å². The molecule has 0 bridgehead atoms. The van der Waals surface area contributed by atoms with Crippen LogP contribution in [0.2, 0.25) is 0 Å². The van der Waals surface area contributed by atoms with Gasteiger partial charge >= 0.3 is 0 Å². The molecule has 0 atom stereocenters. The van der Waals surface area contributed by atoms with Gasteiger partial charge in [-0.3, -0.25) is 9.69 Å². The van der Waals surface area contributed by atoms with E-state index >= 15 is 0 Å². The van der Waals surface area contributed by atoms with Crippen LogP contribution < -0.4 is 9.64 Å². The summed E-state index contributed by atoms with van der Waals surface area (Å²) in [5.74, 6) is 1.30. The Hall–Kier alpha value is -3.66. The number of benzene rings is 3. The number of ether oxygens (including phenoxy) is 1. The van der Waals surface area contributed by atoms with Crippen molar-refractivity contribution in [3.63, 3.8) is 0 Å². The fourth-order valence-electron chi connectivity index (χ4n) is 3.30. The summed E-state index contributed by atoms with van der Waals surface area (Å²) < 4.78 is 5.70. The zero-order valence-corrected chi connectivity index (χ0v) is 17.4. The molecule has 0 fully saturated rings. The van der Waals surface area contributed by atoms with Crippen LogP contribution in [0.3, 0.4) is 0 Å². The van der Waals surface area contributed by atoms with Gasteiger partial charge in [-0.15, -0.1) is 0 Å². The van der Waals surface area contributed by atoms with Crippen molar-refractivity contribution in [1.29, 1.82) is 0 Å². The van der Waals surface area contributed by atoms with Crippen molar-refractivity contribution in [2.24, 2.45) is 4.99 Å². The molecule has 1 amide bonds. The number of amides is 1. The molecule has 3 aromatic rings. The van der Waals surface area contributed by atoms with Crippen molar-refractivity contribution in [2.75, 3.05) is 4.90 Å². The Kier molecular flexibility index (Phi) is 5.48. The van der Waals surface area contributed by atoms with Crippen molar-refractivity contribution in [3.8, 4) is 5.75 Å². The van der Waals surface area contributed by atoms with E-state index in [1.54, 1.807) is 4.90 Å². The highest BCUT2D eigenvalue weighted by Gasteiger charge is 2.32. The van der Waals surface area contributed by atoms with Gasteiger partial charge < -0.3 is 4.74 Å². The van der Waals surface area contributed by atoms with E-state index in [1.165, 1.54) is 0 Å². The number of carbonyl (C=O) groups excluding carboxylic acids is 1. The first-order valence-corrected chi connectivity index (χ1v) is 10.0. The predicted octanol–water partition coefficient (Wildman–Crippen LogP) is 5.62. The number of hydrogen-bond acceptors (Lipinski definition) is 3. The summed E-state index contributed by atoms with van der Waals surface area (Å²) in [5, 5.41) is 0. The molecule has 4 heteroatoms. The average molecular weight is 396 g/mol. The lowest BCUT2D eigenvalue weighted by molar-refractivity contribution is -0.113. The van der Waals surface area contributed by atoms with E-state index < -0.39 is 0 Å². The summed E-state index contributed by atoms with van der Waals surface area (Å²) in [7, 11) is 0. The van der Waals surface area contributed by atoms with Gasteiger partial charge in [0.1, 0.15) is 17.3 Å². The number of nitrogens with zero attached hydrogens (tertiary/aromatic N) is 2. The fourth-order valence-corrected chi connectivity index (χ4v) is 3.30. The van der Waals surface area contributed by atoms with Crippen molar-refractivity contribution in [1.82, 2.24) is 0 Å². The van der Waals surface area contributed by atoms with E-state index in [-0.39, 0.29) is 12.0 Å². The first-order chi connectivity index (χ1) is 14.5. The van der Waals surface area contributed by atoms with Gasteiger partial charge in [-0.1, -0.05) is 60.2 Å². The minimum absolute atomic E-state index is 0.117. The number of carbonyl (C=O) groups is 1. The standard InChI is InChI=1S/C26H24N2O2/c1-18(2)30-23-15-11-20(12-16-23)17-24-26(29)28(22-13-9-19(3)10-14-22)25(27-24)21-7-5-4-6-8-21/h4-18H,1-3H3/b24-17+. The van der Waals surface area contributed by atoms with Gasteiger partial charge in [0, 0.05) is 5.56 Å². The van der Waals surface area contributed by atoms with Crippen LogP contribution in [0.4, 0.5) is 5.69 Å².